The largest absolute Gasteiger partial charge is 0.271 e. The van der Waals surface area contributed by atoms with E-state index in [4.69, 9.17) is 5.84 Å². The van der Waals surface area contributed by atoms with E-state index in [2.05, 4.69) is 43.5 Å². The second kappa shape index (κ2) is 6.64. The zero-order chi connectivity index (χ0) is 14.5. The maximum atomic E-state index is 13.8. The third-order valence-electron chi connectivity index (χ3n) is 3.57. The second-order valence-corrected chi connectivity index (χ2v) is 5.34. The monoisotopic (exact) mass is 272 g/mol. The van der Waals surface area contributed by atoms with E-state index in [-0.39, 0.29) is 11.9 Å². The topological polar surface area (TPSA) is 38.0 Å². The van der Waals surface area contributed by atoms with Gasteiger partial charge in [-0.2, -0.15) is 0 Å². The van der Waals surface area contributed by atoms with Crippen molar-refractivity contribution in [1.82, 2.24) is 5.43 Å². The van der Waals surface area contributed by atoms with Gasteiger partial charge < -0.3 is 0 Å². The van der Waals surface area contributed by atoms with E-state index >= 15 is 0 Å². The minimum absolute atomic E-state index is 0.221. The van der Waals surface area contributed by atoms with Crippen molar-refractivity contribution in [3.05, 3.63) is 71.0 Å². The van der Waals surface area contributed by atoms with E-state index < -0.39 is 0 Å². The molecule has 0 bridgehead atoms. The van der Waals surface area contributed by atoms with Gasteiger partial charge in [0.2, 0.25) is 0 Å². The van der Waals surface area contributed by atoms with Crippen molar-refractivity contribution in [3.63, 3.8) is 0 Å². The minimum atomic E-state index is -0.228. The first-order valence-electron chi connectivity index (χ1n) is 6.91. The van der Waals surface area contributed by atoms with Gasteiger partial charge in [-0.3, -0.25) is 11.3 Å². The number of hydrogen-bond acceptors (Lipinski definition) is 2. The van der Waals surface area contributed by atoms with Crippen molar-refractivity contribution in [1.29, 1.82) is 0 Å². The molecule has 0 amide bonds. The summed E-state index contributed by atoms with van der Waals surface area (Å²) in [5.74, 6) is 5.87. The van der Waals surface area contributed by atoms with E-state index in [0.717, 1.165) is 5.56 Å². The summed E-state index contributed by atoms with van der Waals surface area (Å²) in [6, 6.07) is 14.9. The number of hydrazine groups is 1. The Morgan fingerprint density at radius 1 is 1.05 bits per heavy atom. The molecule has 0 saturated carbocycles. The lowest BCUT2D eigenvalue weighted by atomic mass is 9.96. The van der Waals surface area contributed by atoms with E-state index in [9.17, 15) is 4.39 Å². The average molecular weight is 272 g/mol. The Hall–Kier alpha value is -1.71. The molecule has 1 atom stereocenters. The average Bonchev–Trinajstić information content (AvgIpc) is 2.46. The van der Waals surface area contributed by atoms with Gasteiger partial charge in [-0.15, -0.1) is 0 Å². The Morgan fingerprint density at radius 2 is 1.70 bits per heavy atom. The third-order valence-corrected chi connectivity index (χ3v) is 3.57. The summed E-state index contributed by atoms with van der Waals surface area (Å²) in [6.45, 7) is 4.33. The number of hydrogen-bond donors (Lipinski definition) is 2. The molecule has 3 N–H and O–H groups in total. The van der Waals surface area contributed by atoms with Gasteiger partial charge in [-0.1, -0.05) is 56.3 Å². The first kappa shape index (κ1) is 14.7. The van der Waals surface area contributed by atoms with Crippen LogP contribution in [0.15, 0.2) is 48.5 Å². The molecule has 2 nitrogen and oxygen atoms in total. The van der Waals surface area contributed by atoms with Crippen molar-refractivity contribution in [2.45, 2.75) is 32.2 Å². The van der Waals surface area contributed by atoms with Crippen LogP contribution in [0, 0.1) is 5.82 Å². The predicted octanol–water partition coefficient (Wildman–Crippen LogP) is 3.70. The Labute approximate surface area is 119 Å². The fourth-order valence-corrected chi connectivity index (χ4v) is 2.29. The standard InChI is InChI=1S/C17H21FN2/c1-12(2)14-9-7-13(8-10-14)11-17(20-19)15-5-3-4-6-16(15)18/h3-10,12,17,20H,11,19H2,1-2H3. The molecule has 0 heterocycles. The highest BCUT2D eigenvalue weighted by molar-refractivity contribution is 5.28. The zero-order valence-corrected chi connectivity index (χ0v) is 11.9. The first-order chi connectivity index (χ1) is 9.61. The number of benzene rings is 2. The number of nitrogens with one attached hydrogen (secondary N) is 1. The van der Waals surface area contributed by atoms with Crippen molar-refractivity contribution >= 4 is 0 Å². The summed E-state index contributed by atoms with van der Waals surface area (Å²) in [5, 5.41) is 0. The first-order valence-corrected chi connectivity index (χ1v) is 6.91. The van der Waals surface area contributed by atoms with Crippen LogP contribution in [-0.4, -0.2) is 0 Å². The fourth-order valence-electron chi connectivity index (χ4n) is 2.29. The second-order valence-electron chi connectivity index (χ2n) is 5.34. The van der Waals surface area contributed by atoms with E-state index in [1.807, 2.05) is 6.07 Å². The minimum Gasteiger partial charge on any atom is -0.271 e. The molecule has 3 heteroatoms. The van der Waals surface area contributed by atoms with Crippen molar-refractivity contribution in [3.8, 4) is 0 Å². The summed E-state index contributed by atoms with van der Waals surface area (Å²) in [6.07, 6.45) is 0.663. The molecule has 20 heavy (non-hydrogen) atoms. The zero-order valence-electron chi connectivity index (χ0n) is 11.9. The summed E-state index contributed by atoms with van der Waals surface area (Å²) in [5.41, 5.74) is 5.75. The highest BCUT2D eigenvalue weighted by Crippen LogP contribution is 2.22. The molecule has 106 valence electrons. The van der Waals surface area contributed by atoms with E-state index in [1.54, 1.807) is 12.1 Å². The number of halogens is 1. The molecule has 1 unspecified atom stereocenters. The molecule has 2 aromatic carbocycles. The predicted molar refractivity (Wildman–Crippen MR) is 80.7 cm³/mol. The normalized spacial score (nSPS) is 12.7. The van der Waals surface area contributed by atoms with Gasteiger partial charge >= 0.3 is 0 Å². The van der Waals surface area contributed by atoms with Crippen LogP contribution in [-0.2, 0) is 6.42 Å². The summed E-state index contributed by atoms with van der Waals surface area (Å²) in [4.78, 5) is 0. The van der Waals surface area contributed by atoms with Gasteiger partial charge in [0, 0.05) is 5.56 Å². The Balaban J connectivity index is 2.16. The highest BCUT2D eigenvalue weighted by Gasteiger charge is 2.14. The molecule has 0 aliphatic rings. The SMILES string of the molecule is CC(C)c1ccc(CC(NN)c2ccccc2F)cc1. The summed E-state index contributed by atoms with van der Waals surface area (Å²) < 4.78 is 13.8. The summed E-state index contributed by atoms with van der Waals surface area (Å²) in [7, 11) is 0. The highest BCUT2D eigenvalue weighted by atomic mass is 19.1. The fraction of sp³-hybridized carbons (Fsp3) is 0.294. The molecule has 0 aliphatic carbocycles. The van der Waals surface area contributed by atoms with E-state index in [1.165, 1.54) is 11.6 Å². The van der Waals surface area contributed by atoms with Gasteiger partial charge in [-0.25, -0.2) is 4.39 Å². The molecule has 0 radical (unpaired) electrons. The molecule has 0 saturated heterocycles. The number of rotatable bonds is 5. The quantitative estimate of drug-likeness (QED) is 0.643. The molecular formula is C17H21FN2. The lowest BCUT2D eigenvalue weighted by Crippen LogP contribution is -2.30. The molecule has 0 aromatic heterocycles. The Bertz CT molecular complexity index is 549. The van der Waals surface area contributed by atoms with Crippen LogP contribution in [0.4, 0.5) is 4.39 Å². The molecular weight excluding hydrogens is 251 g/mol. The van der Waals surface area contributed by atoms with E-state index in [0.29, 0.717) is 17.9 Å². The molecule has 0 aliphatic heterocycles. The summed E-state index contributed by atoms with van der Waals surface area (Å²) >= 11 is 0. The molecule has 0 fully saturated rings. The van der Waals surface area contributed by atoms with Gasteiger partial charge in [0.15, 0.2) is 0 Å². The van der Waals surface area contributed by atoms with Crippen LogP contribution >= 0.6 is 0 Å². The van der Waals surface area contributed by atoms with Crippen molar-refractivity contribution < 1.29 is 4.39 Å². The van der Waals surface area contributed by atoms with Crippen LogP contribution in [0.1, 0.15) is 42.5 Å². The van der Waals surface area contributed by atoms with Crippen LogP contribution < -0.4 is 11.3 Å². The maximum absolute atomic E-state index is 13.8. The van der Waals surface area contributed by atoms with Gasteiger partial charge in [0.05, 0.1) is 6.04 Å². The maximum Gasteiger partial charge on any atom is 0.128 e. The van der Waals surface area contributed by atoms with Crippen molar-refractivity contribution in [2.24, 2.45) is 5.84 Å². The van der Waals surface area contributed by atoms with Crippen molar-refractivity contribution in [2.75, 3.05) is 0 Å². The lowest BCUT2D eigenvalue weighted by molar-refractivity contribution is 0.510. The molecule has 2 aromatic rings. The van der Waals surface area contributed by atoms with Gasteiger partial charge in [0.1, 0.15) is 5.82 Å². The van der Waals surface area contributed by atoms with Crippen LogP contribution in [0.3, 0.4) is 0 Å². The van der Waals surface area contributed by atoms with Crippen LogP contribution in [0.5, 0.6) is 0 Å². The lowest BCUT2D eigenvalue weighted by Gasteiger charge is -2.17. The van der Waals surface area contributed by atoms with Gasteiger partial charge in [0.25, 0.3) is 0 Å². The molecule has 2 rings (SSSR count). The Kier molecular flexibility index (Phi) is 4.88. The van der Waals surface area contributed by atoms with Crippen LogP contribution in [0.2, 0.25) is 0 Å². The smallest absolute Gasteiger partial charge is 0.128 e. The van der Waals surface area contributed by atoms with Gasteiger partial charge in [-0.05, 0) is 29.5 Å². The molecule has 0 spiro atoms. The third kappa shape index (κ3) is 3.44. The van der Waals surface area contributed by atoms with Crippen LogP contribution in [0.25, 0.3) is 0 Å². The number of nitrogens with two attached hydrogens (primary N) is 1. The Morgan fingerprint density at radius 3 is 2.25 bits per heavy atom.